The van der Waals surface area contributed by atoms with Crippen molar-refractivity contribution in [3.8, 4) is 0 Å². The van der Waals surface area contributed by atoms with E-state index in [2.05, 4.69) is 4.72 Å². The van der Waals surface area contributed by atoms with Crippen LogP contribution in [0.25, 0.3) is 0 Å². The van der Waals surface area contributed by atoms with E-state index in [1.807, 2.05) is 0 Å². The lowest BCUT2D eigenvalue weighted by Crippen LogP contribution is -2.35. The average Bonchev–Trinajstić information content (AvgIpc) is 2.74. The normalized spacial score (nSPS) is 13.6. The molecule has 0 spiro atoms. The quantitative estimate of drug-likeness (QED) is 0.480. The Kier molecular flexibility index (Phi) is 6.17. The molecule has 9 heteroatoms. The Morgan fingerprint density at radius 3 is 2.45 bits per heavy atom. The van der Waals surface area contributed by atoms with Gasteiger partial charge in [-0.25, -0.2) is 8.42 Å². The van der Waals surface area contributed by atoms with Gasteiger partial charge in [0.1, 0.15) is 0 Å². The van der Waals surface area contributed by atoms with Crippen LogP contribution in [0.15, 0.2) is 65.6 Å². The topological polar surface area (TPSA) is 66.5 Å². The number of nitrogens with one attached hydrogen (secondary N) is 1. The summed E-state index contributed by atoms with van der Waals surface area (Å²) >= 11 is 18.0. The molecule has 0 bridgehead atoms. The van der Waals surface area contributed by atoms with Crippen molar-refractivity contribution in [3.05, 3.63) is 86.9 Å². The predicted molar refractivity (Wildman–Crippen MR) is 125 cm³/mol. The number of halogens is 3. The van der Waals surface area contributed by atoms with Crippen LogP contribution in [-0.4, -0.2) is 20.9 Å². The van der Waals surface area contributed by atoms with E-state index in [0.717, 1.165) is 12.0 Å². The van der Waals surface area contributed by atoms with Crippen LogP contribution < -0.4 is 9.62 Å². The van der Waals surface area contributed by atoms with Gasteiger partial charge in [0, 0.05) is 27.8 Å². The molecule has 0 atom stereocenters. The first-order valence-electron chi connectivity index (χ1n) is 9.43. The fraction of sp³-hybridized carbons (Fsp3) is 0.136. The highest BCUT2D eigenvalue weighted by Gasteiger charge is 2.26. The van der Waals surface area contributed by atoms with Crippen LogP contribution in [0.5, 0.6) is 0 Å². The van der Waals surface area contributed by atoms with Gasteiger partial charge in [-0.2, -0.15) is 0 Å². The standard InChI is InChI=1S/C22H17Cl3N2O3S/c23-16-5-1-3-15(11-16)22(28)27-10-2-4-14-12-18(7-9-21(14)27)31(29,30)26-20-8-6-17(24)13-19(20)25/h1,3,5-9,11-13,26H,2,4,10H2. The summed E-state index contributed by atoms with van der Waals surface area (Å²) in [5, 5.41) is 1.09. The molecule has 0 fully saturated rings. The maximum Gasteiger partial charge on any atom is 0.261 e. The molecule has 4 rings (SSSR count). The summed E-state index contributed by atoms with van der Waals surface area (Å²) in [4.78, 5) is 14.8. The molecule has 0 radical (unpaired) electrons. The Morgan fingerprint density at radius 1 is 0.935 bits per heavy atom. The Balaban J connectivity index is 1.64. The maximum absolute atomic E-state index is 13.0. The molecule has 1 amide bonds. The van der Waals surface area contributed by atoms with Crippen molar-refractivity contribution in [1.82, 2.24) is 0 Å². The van der Waals surface area contributed by atoms with Gasteiger partial charge in [0.05, 0.1) is 15.6 Å². The largest absolute Gasteiger partial charge is 0.308 e. The highest BCUT2D eigenvalue weighted by Crippen LogP contribution is 2.32. The number of amides is 1. The number of benzene rings is 3. The minimum atomic E-state index is -3.88. The van der Waals surface area contributed by atoms with Crippen LogP contribution in [-0.2, 0) is 16.4 Å². The van der Waals surface area contributed by atoms with Crippen molar-refractivity contribution < 1.29 is 13.2 Å². The van der Waals surface area contributed by atoms with Crippen molar-refractivity contribution in [2.24, 2.45) is 0 Å². The number of carbonyl (C=O) groups is 1. The van der Waals surface area contributed by atoms with E-state index >= 15 is 0 Å². The Morgan fingerprint density at radius 2 is 1.71 bits per heavy atom. The lowest BCUT2D eigenvalue weighted by molar-refractivity contribution is 0.0985. The molecule has 1 N–H and O–H groups in total. The second-order valence-electron chi connectivity index (χ2n) is 7.09. The number of hydrogen-bond acceptors (Lipinski definition) is 3. The van der Waals surface area contributed by atoms with Crippen molar-refractivity contribution in [2.45, 2.75) is 17.7 Å². The molecule has 1 aliphatic heterocycles. The summed E-state index contributed by atoms with van der Waals surface area (Å²) in [5.74, 6) is -0.176. The first-order chi connectivity index (χ1) is 14.7. The molecule has 3 aromatic carbocycles. The molecule has 0 unspecified atom stereocenters. The number of aryl methyl sites for hydroxylation is 1. The van der Waals surface area contributed by atoms with Crippen LogP contribution in [0.1, 0.15) is 22.3 Å². The van der Waals surface area contributed by atoms with Gasteiger partial charge in [-0.3, -0.25) is 9.52 Å². The molecular weight excluding hydrogens is 479 g/mol. The van der Waals surface area contributed by atoms with Crippen molar-refractivity contribution >= 4 is 62.1 Å². The molecular formula is C22H17Cl3N2O3S. The lowest BCUT2D eigenvalue weighted by atomic mass is 10.0. The molecule has 5 nitrogen and oxygen atoms in total. The van der Waals surface area contributed by atoms with Crippen LogP contribution in [0.4, 0.5) is 11.4 Å². The fourth-order valence-corrected chi connectivity index (χ4v) is 5.34. The van der Waals surface area contributed by atoms with E-state index in [4.69, 9.17) is 34.8 Å². The third kappa shape index (κ3) is 4.67. The van der Waals surface area contributed by atoms with Gasteiger partial charge in [-0.15, -0.1) is 0 Å². The number of rotatable bonds is 4. The first kappa shape index (κ1) is 22.0. The summed E-state index contributed by atoms with van der Waals surface area (Å²) in [6, 6.07) is 16.0. The highest BCUT2D eigenvalue weighted by atomic mass is 35.5. The third-order valence-corrected chi connectivity index (χ3v) is 7.12. The van der Waals surface area contributed by atoms with E-state index in [1.54, 1.807) is 47.4 Å². The Hall–Kier alpha value is -2.25. The third-order valence-electron chi connectivity index (χ3n) is 4.97. The zero-order chi connectivity index (χ0) is 22.2. The van der Waals surface area contributed by atoms with Crippen molar-refractivity contribution in [2.75, 3.05) is 16.2 Å². The number of sulfonamides is 1. The summed E-state index contributed by atoms with van der Waals surface area (Å²) < 4.78 is 28.3. The molecule has 0 aromatic heterocycles. The van der Waals surface area contributed by atoms with Crippen molar-refractivity contribution in [1.29, 1.82) is 0 Å². The van der Waals surface area contributed by atoms with Crippen LogP contribution in [0.3, 0.4) is 0 Å². The lowest BCUT2D eigenvalue weighted by Gasteiger charge is -2.30. The molecule has 0 saturated carbocycles. The van der Waals surface area contributed by atoms with Gasteiger partial charge in [0.15, 0.2) is 0 Å². The summed E-state index contributed by atoms with van der Waals surface area (Å²) in [5.41, 5.74) is 2.20. The van der Waals surface area contributed by atoms with Gasteiger partial charge in [-0.1, -0.05) is 40.9 Å². The molecule has 1 heterocycles. The number of hydrogen-bond donors (Lipinski definition) is 1. The average molecular weight is 496 g/mol. The molecule has 160 valence electrons. The van der Waals surface area contributed by atoms with E-state index in [9.17, 15) is 13.2 Å². The summed E-state index contributed by atoms with van der Waals surface area (Å²) in [7, 11) is -3.88. The maximum atomic E-state index is 13.0. The van der Waals surface area contributed by atoms with Gasteiger partial charge < -0.3 is 4.90 Å². The van der Waals surface area contributed by atoms with Crippen LogP contribution in [0, 0.1) is 0 Å². The van der Waals surface area contributed by atoms with Gasteiger partial charge in [0.2, 0.25) is 0 Å². The number of carbonyl (C=O) groups excluding carboxylic acids is 1. The summed E-state index contributed by atoms with van der Waals surface area (Å²) in [6.45, 7) is 0.545. The van der Waals surface area contributed by atoms with E-state index < -0.39 is 10.0 Å². The Bertz CT molecular complexity index is 1280. The molecule has 31 heavy (non-hydrogen) atoms. The minimum absolute atomic E-state index is 0.0920. The zero-order valence-electron chi connectivity index (χ0n) is 16.1. The highest BCUT2D eigenvalue weighted by molar-refractivity contribution is 7.92. The second kappa shape index (κ2) is 8.71. The zero-order valence-corrected chi connectivity index (χ0v) is 19.2. The van der Waals surface area contributed by atoms with Gasteiger partial charge in [0.25, 0.3) is 15.9 Å². The SMILES string of the molecule is O=C(c1cccc(Cl)c1)N1CCCc2cc(S(=O)(=O)Nc3ccc(Cl)cc3Cl)ccc21. The van der Waals surface area contributed by atoms with Crippen molar-refractivity contribution in [3.63, 3.8) is 0 Å². The monoisotopic (exact) mass is 494 g/mol. The first-order valence-corrected chi connectivity index (χ1v) is 12.0. The molecule has 3 aromatic rings. The number of fused-ring (bicyclic) bond motifs is 1. The van der Waals surface area contributed by atoms with E-state index in [1.165, 1.54) is 18.2 Å². The number of nitrogens with zero attached hydrogens (tertiary/aromatic N) is 1. The van der Waals surface area contributed by atoms with Crippen LogP contribution >= 0.6 is 34.8 Å². The fourth-order valence-electron chi connectivity index (χ4n) is 3.50. The number of anilines is 2. The predicted octanol–water partition coefficient (Wildman–Crippen LogP) is 6.04. The molecule has 0 saturated heterocycles. The Labute approximate surface area is 195 Å². The molecule has 1 aliphatic rings. The minimum Gasteiger partial charge on any atom is -0.308 e. The summed E-state index contributed by atoms with van der Waals surface area (Å²) in [6.07, 6.45) is 1.39. The van der Waals surface area contributed by atoms with Crippen LogP contribution in [0.2, 0.25) is 15.1 Å². The van der Waals surface area contributed by atoms with Gasteiger partial charge >= 0.3 is 0 Å². The van der Waals surface area contributed by atoms with E-state index in [-0.39, 0.29) is 21.5 Å². The van der Waals surface area contributed by atoms with Gasteiger partial charge in [-0.05, 0) is 73.0 Å². The smallest absolute Gasteiger partial charge is 0.261 e. The second-order valence-corrected chi connectivity index (χ2v) is 10.1. The molecule has 0 aliphatic carbocycles. The van der Waals surface area contributed by atoms with E-state index in [0.29, 0.717) is 34.3 Å².